The molecule has 0 spiro atoms. The molecule has 1 amide bonds. The van der Waals surface area contributed by atoms with E-state index in [1.54, 1.807) is 10.9 Å². The van der Waals surface area contributed by atoms with Crippen LogP contribution in [-0.2, 0) is 6.54 Å². The summed E-state index contributed by atoms with van der Waals surface area (Å²) in [5.41, 5.74) is 6.63. The smallest absolute Gasteiger partial charge is 0.274 e. The van der Waals surface area contributed by atoms with Gasteiger partial charge in [0.05, 0.1) is 5.69 Å². The van der Waals surface area contributed by atoms with Crippen molar-refractivity contribution in [2.24, 2.45) is 5.92 Å². The molecule has 1 aromatic rings. The third-order valence-corrected chi connectivity index (χ3v) is 4.04. The van der Waals surface area contributed by atoms with Gasteiger partial charge in [0, 0.05) is 18.8 Å². The van der Waals surface area contributed by atoms with Gasteiger partial charge in [-0.1, -0.05) is 19.3 Å². The number of nitrogens with zero attached hydrogens (tertiary/aromatic N) is 2. The number of rotatable bonds is 4. The van der Waals surface area contributed by atoms with Crippen LogP contribution in [0.15, 0.2) is 6.20 Å². The standard InChI is InChI=1S/C14H24N4O/c1-3-18-9-12(15)13(17-18)14(19)16-10(2)11-7-5-4-6-8-11/h9-11H,3-8,15H2,1-2H3,(H,16,19). The van der Waals surface area contributed by atoms with E-state index in [2.05, 4.69) is 17.3 Å². The number of aryl methyl sites for hydroxylation is 1. The van der Waals surface area contributed by atoms with Crippen LogP contribution in [0, 0.1) is 5.92 Å². The van der Waals surface area contributed by atoms with Crippen LogP contribution in [0.25, 0.3) is 0 Å². The molecular weight excluding hydrogens is 240 g/mol. The highest BCUT2D eigenvalue weighted by Crippen LogP contribution is 2.26. The van der Waals surface area contributed by atoms with Crippen LogP contribution in [0.3, 0.4) is 0 Å². The molecular formula is C14H24N4O. The van der Waals surface area contributed by atoms with Gasteiger partial charge in [0.25, 0.3) is 5.91 Å². The molecule has 1 aliphatic rings. The summed E-state index contributed by atoms with van der Waals surface area (Å²) in [4.78, 5) is 12.2. The lowest BCUT2D eigenvalue weighted by molar-refractivity contribution is 0.0914. The number of amides is 1. The fraction of sp³-hybridized carbons (Fsp3) is 0.714. The molecule has 5 nitrogen and oxygen atoms in total. The van der Waals surface area contributed by atoms with Gasteiger partial charge >= 0.3 is 0 Å². The number of anilines is 1. The zero-order chi connectivity index (χ0) is 13.8. The van der Waals surface area contributed by atoms with E-state index in [0.29, 0.717) is 17.3 Å². The lowest BCUT2D eigenvalue weighted by atomic mass is 9.84. The lowest BCUT2D eigenvalue weighted by Crippen LogP contribution is -2.39. The van der Waals surface area contributed by atoms with E-state index in [4.69, 9.17) is 5.73 Å². The van der Waals surface area contributed by atoms with E-state index in [0.717, 1.165) is 6.54 Å². The summed E-state index contributed by atoms with van der Waals surface area (Å²) < 4.78 is 1.69. The number of carbonyl (C=O) groups is 1. The average Bonchev–Trinajstić information content (AvgIpc) is 2.81. The van der Waals surface area contributed by atoms with Gasteiger partial charge in [0.15, 0.2) is 5.69 Å². The number of nitrogens with two attached hydrogens (primary N) is 1. The van der Waals surface area contributed by atoms with E-state index < -0.39 is 0 Å². The highest BCUT2D eigenvalue weighted by atomic mass is 16.2. The van der Waals surface area contributed by atoms with Crippen LogP contribution in [0.4, 0.5) is 5.69 Å². The Labute approximate surface area is 114 Å². The van der Waals surface area contributed by atoms with Crippen LogP contribution in [0.2, 0.25) is 0 Å². The third kappa shape index (κ3) is 3.28. The number of aromatic nitrogens is 2. The molecule has 0 saturated heterocycles. The van der Waals surface area contributed by atoms with Gasteiger partial charge < -0.3 is 11.1 Å². The summed E-state index contributed by atoms with van der Waals surface area (Å²) in [5, 5.41) is 7.26. The van der Waals surface area contributed by atoms with Crippen molar-refractivity contribution in [3.8, 4) is 0 Å². The number of hydrogen-bond donors (Lipinski definition) is 2. The minimum atomic E-state index is -0.150. The second-order valence-corrected chi connectivity index (χ2v) is 5.45. The van der Waals surface area contributed by atoms with Gasteiger partial charge in [0.1, 0.15) is 0 Å². The third-order valence-electron chi connectivity index (χ3n) is 4.04. The molecule has 1 aromatic heterocycles. The molecule has 0 radical (unpaired) electrons. The monoisotopic (exact) mass is 264 g/mol. The molecule has 1 heterocycles. The van der Waals surface area contributed by atoms with Crippen LogP contribution in [0.5, 0.6) is 0 Å². The van der Waals surface area contributed by atoms with Crippen molar-refractivity contribution >= 4 is 11.6 Å². The Balaban J connectivity index is 1.97. The van der Waals surface area contributed by atoms with Crippen LogP contribution in [-0.4, -0.2) is 21.7 Å². The zero-order valence-corrected chi connectivity index (χ0v) is 11.9. The number of nitrogen functional groups attached to an aromatic ring is 1. The van der Waals surface area contributed by atoms with Gasteiger partial charge in [-0.3, -0.25) is 9.48 Å². The lowest BCUT2D eigenvalue weighted by Gasteiger charge is -2.28. The van der Waals surface area contributed by atoms with Gasteiger partial charge in [-0.15, -0.1) is 0 Å². The maximum atomic E-state index is 12.2. The van der Waals surface area contributed by atoms with Crippen molar-refractivity contribution in [2.75, 3.05) is 5.73 Å². The maximum Gasteiger partial charge on any atom is 0.274 e. The van der Waals surface area contributed by atoms with Crippen molar-refractivity contribution in [1.82, 2.24) is 15.1 Å². The first-order valence-corrected chi connectivity index (χ1v) is 7.25. The van der Waals surface area contributed by atoms with Gasteiger partial charge in [-0.25, -0.2) is 0 Å². The van der Waals surface area contributed by atoms with E-state index >= 15 is 0 Å². The molecule has 1 aliphatic carbocycles. The van der Waals surface area contributed by atoms with Crippen molar-refractivity contribution in [3.05, 3.63) is 11.9 Å². The van der Waals surface area contributed by atoms with Crippen LogP contribution < -0.4 is 11.1 Å². The topological polar surface area (TPSA) is 72.9 Å². The molecule has 5 heteroatoms. The van der Waals surface area contributed by atoms with Crippen molar-refractivity contribution in [2.45, 2.75) is 58.5 Å². The molecule has 0 aliphatic heterocycles. The Bertz CT molecular complexity index is 435. The molecule has 1 atom stereocenters. The van der Waals surface area contributed by atoms with E-state index in [-0.39, 0.29) is 11.9 Å². The van der Waals surface area contributed by atoms with Crippen molar-refractivity contribution in [3.63, 3.8) is 0 Å². The molecule has 0 bridgehead atoms. The molecule has 106 valence electrons. The Morgan fingerprint density at radius 3 is 2.79 bits per heavy atom. The van der Waals surface area contributed by atoms with Crippen molar-refractivity contribution in [1.29, 1.82) is 0 Å². The first-order valence-electron chi connectivity index (χ1n) is 7.25. The summed E-state index contributed by atoms with van der Waals surface area (Å²) in [6.07, 6.45) is 8.00. The predicted octanol–water partition coefficient (Wildman–Crippen LogP) is 2.18. The highest BCUT2D eigenvalue weighted by Gasteiger charge is 2.23. The summed E-state index contributed by atoms with van der Waals surface area (Å²) in [6, 6.07) is 0.193. The highest BCUT2D eigenvalue weighted by molar-refractivity contribution is 5.97. The summed E-state index contributed by atoms with van der Waals surface area (Å²) >= 11 is 0. The Morgan fingerprint density at radius 1 is 1.53 bits per heavy atom. The van der Waals surface area contributed by atoms with Gasteiger partial charge in [0.2, 0.25) is 0 Å². The summed E-state index contributed by atoms with van der Waals surface area (Å²) in [6.45, 7) is 4.77. The number of hydrogen-bond acceptors (Lipinski definition) is 3. The van der Waals surface area contributed by atoms with E-state index in [1.807, 2.05) is 6.92 Å². The van der Waals surface area contributed by atoms with Crippen LogP contribution in [0.1, 0.15) is 56.4 Å². The SMILES string of the molecule is CCn1cc(N)c(C(=O)NC(C)C2CCCCC2)n1. The summed E-state index contributed by atoms with van der Waals surface area (Å²) in [7, 11) is 0. The second-order valence-electron chi connectivity index (χ2n) is 5.45. The molecule has 1 saturated carbocycles. The maximum absolute atomic E-state index is 12.2. The molecule has 2 rings (SSSR count). The average molecular weight is 264 g/mol. The molecule has 1 unspecified atom stereocenters. The Morgan fingerprint density at radius 2 is 2.21 bits per heavy atom. The summed E-state index contributed by atoms with van der Waals surface area (Å²) in [5.74, 6) is 0.440. The van der Waals surface area contributed by atoms with Crippen LogP contribution >= 0.6 is 0 Å². The predicted molar refractivity (Wildman–Crippen MR) is 75.8 cm³/mol. The van der Waals surface area contributed by atoms with E-state index in [1.165, 1.54) is 32.1 Å². The fourth-order valence-corrected chi connectivity index (χ4v) is 2.80. The zero-order valence-electron chi connectivity index (χ0n) is 11.9. The van der Waals surface area contributed by atoms with Crippen molar-refractivity contribution < 1.29 is 4.79 Å². The molecule has 0 aromatic carbocycles. The number of nitrogens with one attached hydrogen (secondary N) is 1. The molecule has 3 N–H and O–H groups in total. The van der Waals surface area contributed by atoms with Gasteiger partial charge in [-0.05, 0) is 32.6 Å². The Kier molecular flexibility index (Phi) is 4.45. The first-order chi connectivity index (χ1) is 9.11. The van der Waals surface area contributed by atoms with Gasteiger partial charge in [-0.2, -0.15) is 5.10 Å². The quantitative estimate of drug-likeness (QED) is 0.875. The van der Waals surface area contributed by atoms with E-state index in [9.17, 15) is 4.79 Å². The largest absolute Gasteiger partial charge is 0.396 e. The number of carbonyl (C=O) groups excluding carboxylic acids is 1. The second kappa shape index (κ2) is 6.08. The fourth-order valence-electron chi connectivity index (χ4n) is 2.80. The normalized spacial score (nSPS) is 18.2. The minimum absolute atomic E-state index is 0.150. The first kappa shape index (κ1) is 13.9. The Hall–Kier alpha value is -1.52. The minimum Gasteiger partial charge on any atom is -0.396 e. The molecule has 1 fully saturated rings. The molecule has 19 heavy (non-hydrogen) atoms.